The van der Waals surface area contributed by atoms with Gasteiger partial charge in [0, 0.05) is 65.0 Å². The molecular formula is C18H27N3O2. The van der Waals surface area contributed by atoms with Gasteiger partial charge in [0.25, 0.3) is 0 Å². The number of hydrogen-bond donors (Lipinski definition) is 0. The van der Waals surface area contributed by atoms with Gasteiger partial charge in [-0.05, 0) is 25.0 Å². The highest BCUT2D eigenvalue weighted by Gasteiger charge is 2.21. The average Bonchev–Trinajstić information content (AvgIpc) is 2.78. The minimum Gasteiger partial charge on any atom is -0.383 e. The van der Waals surface area contributed by atoms with Crippen LogP contribution >= 0.6 is 0 Å². The Morgan fingerprint density at radius 1 is 1.22 bits per heavy atom. The number of piperazine rings is 1. The highest BCUT2D eigenvalue weighted by Crippen LogP contribution is 2.21. The van der Waals surface area contributed by atoms with Crippen molar-refractivity contribution in [2.45, 2.75) is 19.8 Å². The molecule has 0 bridgehead atoms. The van der Waals surface area contributed by atoms with Gasteiger partial charge in [-0.2, -0.15) is 0 Å². The van der Waals surface area contributed by atoms with Crippen LogP contribution in [0, 0.1) is 5.92 Å². The standard InChI is InChI=1S/C18H27N3O2/c1-15(22)20-11-13-21(14-12-20)17-6-4-5-16(7-8-17)18(23)9-10-19(2)3/h6-10,16H,4-5,11-14H2,1-3H3/b10-9+. The Bertz CT molecular complexity index is 526. The van der Waals surface area contributed by atoms with E-state index in [-0.39, 0.29) is 17.6 Å². The summed E-state index contributed by atoms with van der Waals surface area (Å²) in [5.74, 6) is 0.262. The van der Waals surface area contributed by atoms with Gasteiger partial charge in [-0.1, -0.05) is 12.2 Å². The Balaban J connectivity index is 1.93. The molecule has 2 rings (SSSR count). The van der Waals surface area contributed by atoms with Crippen molar-refractivity contribution in [3.05, 3.63) is 36.2 Å². The smallest absolute Gasteiger partial charge is 0.219 e. The Hall–Kier alpha value is -2.04. The summed E-state index contributed by atoms with van der Waals surface area (Å²) in [5, 5.41) is 0. The van der Waals surface area contributed by atoms with Crippen molar-refractivity contribution in [3.8, 4) is 0 Å². The lowest BCUT2D eigenvalue weighted by Crippen LogP contribution is -2.47. The van der Waals surface area contributed by atoms with Gasteiger partial charge in [-0.25, -0.2) is 0 Å². The molecule has 0 N–H and O–H groups in total. The summed E-state index contributed by atoms with van der Waals surface area (Å²) in [5.41, 5.74) is 1.18. The zero-order valence-corrected chi connectivity index (χ0v) is 14.4. The molecule has 2 aliphatic rings. The van der Waals surface area contributed by atoms with E-state index in [1.807, 2.05) is 30.0 Å². The summed E-state index contributed by atoms with van der Waals surface area (Å²) in [6, 6.07) is 0. The summed E-state index contributed by atoms with van der Waals surface area (Å²) in [6.45, 7) is 4.88. The molecule has 0 aromatic carbocycles. The van der Waals surface area contributed by atoms with E-state index in [2.05, 4.69) is 17.1 Å². The fraction of sp³-hybridized carbons (Fsp3) is 0.556. The second-order valence-corrected chi connectivity index (χ2v) is 6.35. The van der Waals surface area contributed by atoms with Crippen molar-refractivity contribution in [1.82, 2.24) is 14.7 Å². The number of hydrogen-bond acceptors (Lipinski definition) is 4. The quantitative estimate of drug-likeness (QED) is 0.740. The molecule has 1 aliphatic carbocycles. The first-order chi connectivity index (χ1) is 11.0. The first-order valence-corrected chi connectivity index (χ1v) is 8.24. The van der Waals surface area contributed by atoms with Crippen molar-refractivity contribution in [2.75, 3.05) is 40.3 Å². The first-order valence-electron chi connectivity index (χ1n) is 8.24. The molecule has 0 saturated carbocycles. The average molecular weight is 317 g/mol. The SMILES string of the molecule is CC(=O)N1CCN(C2=CCCC(C(=O)/C=C/N(C)C)C=C2)CC1. The summed E-state index contributed by atoms with van der Waals surface area (Å²) in [7, 11) is 3.82. The van der Waals surface area contributed by atoms with E-state index in [9.17, 15) is 9.59 Å². The predicted molar refractivity (Wildman–Crippen MR) is 91.6 cm³/mol. The monoisotopic (exact) mass is 317 g/mol. The molecule has 0 aromatic rings. The molecule has 1 saturated heterocycles. The van der Waals surface area contributed by atoms with Crippen LogP contribution in [0.3, 0.4) is 0 Å². The highest BCUT2D eigenvalue weighted by molar-refractivity contribution is 5.93. The summed E-state index contributed by atoms with van der Waals surface area (Å²) >= 11 is 0. The van der Waals surface area contributed by atoms with Crippen molar-refractivity contribution < 1.29 is 9.59 Å². The third kappa shape index (κ3) is 4.98. The summed E-state index contributed by atoms with van der Waals surface area (Å²) in [4.78, 5) is 29.7. The van der Waals surface area contributed by atoms with Crippen LogP contribution in [0.2, 0.25) is 0 Å². The van der Waals surface area contributed by atoms with Gasteiger partial charge in [-0.3, -0.25) is 9.59 Å². The van der Waals surface area contributed by atoms with Crippen LogP contribution in [0.15, 0.2) is 36.2 Å². The number of carbonyl (C=O) groups is 2. The van der Waals surface area contributed by atoms with Gasteiger partial charge >= 0.3 is 0 Å². The molecule has 0 radical (unpaired) electrons. The maximum atomic E-state index is 12.2. The lowest BCUT2D eigenvalue weighted by Gasteiger charge is -2.36. The third-order valence-corrected chi connectivity index (χ3v) is 4.32. The van der Waals surface area contributed by atoms with Gasteiger partial charge in [0.15, 0.2) is 5.78 Å². The van der Waals surface area contributed by atoms with Crippen LogP contribution in [0.5, 0.6) is 0 Å². The Morgan fingerprint density at radius 2 is 1.91 bits per heavy atom. The van der Waals surface area contributed by atoms with E-state index in [1.165, 1.54) is 5.70 Å². The summed E-state index contributed by atoms with van der Waals surface area (Å²) < 4.78 is 0. The third-order valence-electron chi connectivity index (χ3n) is 4.32. The van der Waals surface area contributed by atoms with Crippen molar-refractivity contribution in [2.24, 2.45) is 5.92 Å². The maximum absolute atomic E-state index is 12.2. The molecule has 1 amide bonds. The number of allylic oxidation sites excluding steroid dienone is 4. The largest absolute Gasteiger partial charge is 0.383 e. The van der Waals surface area contributed by atoms with Gasteiger partial charge in [0.2, 0.25) is 5.91 Å². The minimum absolute atomic E-state index is 0.0431. The fourth-order valence-corrected chi connectivity index (χ4v) is 2.89. The molecule has 23 heavy (non-hydrogen) atoms. The fourth-order valence-electron chi connectivity index (χ4n) is 2.89. The molecule has 5 nitrogen and oxygen atoms in total. The van der Waals surface area contributed by atoms with Crippen molar-refractivity contribution >= 4 is 11.7 Å². The van der Waals surface area contributed by atoms with Crippen LogP contribution < -0.4 is 0 Å². The predicted octanol–water partition coefficient (Wildman–Crippen LogP) is 1.65. The van der Waals surface area contributed by atoms with E-state index in [4.69, 9.17) is 0 Å². The zero-order valence-electron chi connectivity index (χ0n) is 14.4. The number of rotatable bonds is 4. The van der Waals surface area contributed by atoms with Crippen LogP contribution in [0.1, 0.15) is 19.8 Å². The van der Waals surface area contributed by atoms with Gasteiger partial charge in [-0.15, -0.1) is 0 Å². The topological polar surface area (TPSA) is 43.9 Å². The highest BCUT2D eigenvalue weighted by atomic mass is 16.2. The van der Waals surface area contributed by atoms with Crippen molar-refractivity contribution in [1.29, 1.82) is 0 Å². The zero-order chi connectivity index (χ0) is 16.8. The second-order valence-electron chi connectivity index (χ2n) is 6.35. The number of nitrogens with zero attached hydrogens (tertiary/aromatic N) is 3. The molecule has 1 aliphatic heterocycles. The Morgan fingerprint density at radius 3 is 2.52 bits per heavy atom. The van der Waals surface area contributed by atoms with E-state index in [0.29, 0.717) is 0 Å². The molecular weight excluding hydrogens is 290 g/mol. The van der Waals surface area contributed by atoms with E-state index in [1.54, 1.807) is 19.2 Å². The lowest BCUT2D eigenvalue weighted by atomic mass is 9.99. The number of amides is 1. The number of ketones is 1. The molecule has 126 valence electrons. The van der Waals surface area contributed by atoms with Gasteiger partial charge < -0.3 is 14.7 Å². The Labute approximate surface area is 138 Å². The van der Waals surface area contributed by atoms with Gasteiger partial charge in [0.1, 0.15) is 0 Å². The summed E-state index contributed by atoms with van der Waals surface area (Å²) in [6.07, 6.45) is 11.5. The van der Waals surface area contributed by atoms with Crippen LogP contribution in [0.25, 0.3) is 0 Å². The van der Waals surface area contributed by atoms with Crippen molar-refractivity contribution in [3.63, 3.8) is 0 Å². The lowest BCUT2D eigenvalue weighted by molar-refractivity contribution is -0.130. The normalized spacial score (nSPS) is 22.0. The molecule has 0 aromatic heterocycles. The van der Waals surface area contributed by atoms with E-state index in [0.717, 1.165) is 39.0 Å². The Kier molecular flexibility index (Phi) is 6.02. The maximum Gasteiger partial charge on any atom is 0.219 e. The van der Waals surface area contributed by atoms with E-state index < -0.39 is 0 Å². The molecule has 1 heterocycles. The number of carbonyl (C=O) groups excluding carboxylic acids is 2. The molecule has 5 heteroatoms. The van der Waals surface area contributed by atoms with Gasteiger partial charge in [0.05, 0.1) is 0 Å². The first kappa shape index (κ1) is 17.3. The minimum atomic E-state index is -0.0431. The molecule has 1 fully saturated rings. The van der Waals surface area contributed by atoms with Crippen LogP contribution in [-0.2, 0) is 9.59 Å². The van der Waals surface area contributed by atoms with E-state index >= 15 is 0 Å². The molecule has 1 unspecified atom stereocenters. The molecule has 0 spiro atoms. The van der Waals surface area contributed by atoms with Crippen LogP contribution in [-0.4, -0.2) is 66.7 Å². The second kappa shape index (κ2) is 7.99. The molecule has 1 atom stereocenters. The van der Waals surface area contributed by atoms with Crippen LogP contribution in [0.4, 0.5) is 0 Å².